The summed E-state index contributed by atoms with van der Waals surface area (Å²) in [5.41, 5.74) is 5.10. The Morgan fingerprint density at radius 1 is 0.413 bits per heavy atom. The molecule has 0 fully saturated rings. The summed E-state index contributed by atoms with van der Waals surface area (Å²) in [5.74, 6) is -0.164. The molecule has 0 unspecified atom stereocenters. The summed E-state index contributed by atoms with van der Waals surface area (Å²) in [6.45, 7) is 9.08. The summed E-state index contributed by atoms with van der Waals surface area (Å²) in [6.07, 6.45) is 48.8. The Kier molecular flexibility index (Phi) is 42.0. The molecule has 0 atom stereocenters. The van der Waals surface area contributed by atoms with Crippen molar-refractivity contribution < 1.29 is 9.36 Å². The summed E-state index contributed by atoms with van der Waals surface area (Å²) in [7, 11) is -1.89. The van der Waals surface area contributed by atoms with Gasteiger partial charge in [-0.1, -0.05) is 188 Å². The van der Waals surface area contributed by atoms with Gasteiger partial charge in [-0.25, -0.2) is 0 Å². The zero-order valence-corrected chi connectivity index (χ0v) is 33.1. The highest BCUT2D eigenvalue weighted by Gasteiger charge is 2.20. The van der Waals surface area contributed by atoms with Crippen LogP contribution in [-0.2, 0) is 9.36 Å². The second-order valence-corrected chi connectivity index (χ2v) is 17.8. The van der Waals surface area contributed by atoms with Crippen LogP contribution in [0.15, 0.2) is 12.2 Å². The number of carbonyl (C=O) groups excluding carboxylic acids is 1. The van der Waals surface area contributed by atoms with Crippen molar-refractivity contribution in [2.75, 3.05) is 18.5 Å². The lowest BCUT2D eigenvalue weighted by molar-refractivity contribution is -0.118. The molecule has 0 rings (SSSR count). The maximum Gasteiger partial charge on any atom is 0.217 e. The first-order valence-corrected chi connectivity index (χ1v) is 23.2. The number of carbonyl (C=O) groups is 1. The second-order valence-electron chi connectivity index (χ2n) is 14.3. The first-order chi connectivity index (χ1) is 22.5. The lowest BCUT2D eigenvalue weighted by atomic mass is 10.1. The van der Waals surface area contributed by atoms with Crippen molar-refractivity contribution in [1.29, 1.82) is 0 Å². The van der Waals surface area contributed by atoms with Crippen molar-refractivity contribution in [1.82, 2.24) is 0 Å². The Hall–Kier alpha value is -0.560. The Balaban J connectivity index is 0. The first kappa shape index (κ1) is 47.6. The van der Waals surface area contributed by atoms with Gasteiger partial charge in [0.25, 0.3) is 0 Å². The Morgan fingerprint density at radius 3 is 0.978 bits per heavy atom. The average molecular weight is 668 g/mol. The van der Waals surface area contributed by atoms with Crippen LogP contribution in [0.3, 0.4) is 0 Å². The van der Waals surface area contributed by atoms with Gasteiger partial charge in [0.1, 0.15) is 0 Å². The molecule has 0 heterocycles. The maximum atomic E-state index is 13.5. The van der Waals surface area contributed by atoms with Crippen LogP contribution < -0.4 is 5.73 Å². The zero-order chi connectivity index (χ0) is 34.2. The summed E-state index contributed by atoms with van der Waals surface area (Å²) in [6, 6.07) is 0. The van der Waals surface area contributed by atoms with E-state index in [4.69, 9.17) is 5.73 Å². The van der Waals surface area contributed by atoms with E-state index in [-0.39, 0.29) is 5.91 Å². The molecule has 0 aromatic carbocycles. The molecule has 0 bridgehead atoms. The van der Waals surface area contributed by atoms with E-state index < -0.39 is 7.14 Å². The van der Waals surface area contributed by atoms with Crippen LogP contribution in [0.5, 0.6) is 0 Å². The van der Waals surface area contributed by atoms with Crippen molar-refractivity contribution in [2.45, 2.75) is 233 Å². The van der Waals surface area contributed by atoms with Crippen molar-refractivity contribution in [3.63, 3.8) is 0 Å². The molecule has 0 saturated heterocycles. The Morgan fingerprint density at radius 2 is 0.674 bits per heavy atom. The molecular formula is C42H86NO2P. The van der Waals surface area contributed by atoms with Gasteiger partial charge in [-0.3, -0.25) is 4.79 Å². The van der Waals surface area contributed by atoms with Crippen molar-refractivity contribution >= 4 is 13.0 Å². The topological polar surface area (TPSA) is 60.2 Å². The standard InChI is InChI=1S/C24H51OP.C18H35NO/c1-4-7-10-13-16-19-22-26(25,23-20-17-14-11-8-5-2)24-21-18-15-12-9-6-3;1-2-3-4-5-6-7-8-9-10-11-12-13-14-15-16-17-18(19)20/h4-24H2,1-3H3;9-10H,2-8,11-17H2,1H3,(H2,19,20)/b;10-9-. The molecule has 0 aromatic rings. The largest absolute Gasteiger partial charge is 0.370 e. The monoisotopic (exact) mass is 668 g/mol. The van der Waals surface area contributed by atoms with Crippen LogP contribution in [0.1, 0.15) is 233 Å². The highest BCUT2D eigenvalue weighted by atomic mass is 31.2. The Labute approximate surface area is 291 Å². The molecule has 0 radical (unpaired) electrons. The van der Waals surface area contributed by atoms with Crippen LogP contribution in [0, 0.1) is 0 Å². The normalized spacial score (nSPS) is 11.7. The van der Waals surface area contributed by atoms with Crippen LogP contribution in [0.4, 0.5) is 0 Å². The highest BCUT2D eigenvalue weighted by molar-refractivity contribution is 7.63. The van der Waals surface area contributed by atoms with E-state index in [2.05, 4.69) is 39.8 Å². The van der Waals surface area contributed by atoms with Crippen molar-refractivity contribution in [3.8, 4) is 0 Å². The predicted molar refractivity (Wildman–Crippen MR) is 211 cm³/mol. The number of amides is 1. The van der Waals surface area contributed by atoms with Gasteiger partial charge in [0.05, 0.1) is 7.14 Å². The molecular weight excluding hydrogens is 581 g/mol. The molecule has 0 aliphatic carbocycles. The van der Waals surface area contributed by atoms with Crippen LogP contribution >= 0.6 is 7.14 Å². The minimum Gasteiger partial charge on any atom is -0.370 e. The summed E-state index contributed by atoms with van der Waals surface area (Å²) < 4.78 is 13.5. The SMILES string of the molecule is CCCCCCCC/C=C\CCCCCCCC(N)=O.CCCCCCCCP(=O)(CCCCCCCC)CCCCCCCC. The van der Waals surface area contributed by atoms with E-state index in [1.807, 2.05) is 0 Å². The van der Waals surface area contributed by atoms with E-state index in [1.54, 1.807) is 0 Å². The molecule has 46 heavy (non-hydrogen) atoms. The molecule has 0 saturated carbocycles. The summed E-state index contributed by atoms with van der Waals surface area (Å²) in [4.78, 5) is 10.5. The minimum atomic E-state index is -1.89. The van der Waals surface area contributed by atoms with E-state index in [9.17, 15) is 9.36 Å². The molecule has 3 nitrogen and oxygen atoms in total. The van der Waals surface area contributed by atoms with Gasteiger partial charge >= 0.3 is 0 Å². The van der Waals surface area contributed by atoms with Gasteiger partial charge in [-0.2, -0.15) is 0 Å². The number of nitrogens with two attached hydrogens (primary N) is 1. The molecule has 4 heteroatoms. The summed E-state index contributed by atoms with van der Waals surface area (Å²) >= 11 is 0. The highest BCUT2D eigenvalue weighted by Crippen LogP contribution is 2.48. The molecule has 276 valence electrons. The third kappa shape index (κ3) is 41.5. The quantitative estimate of drug-likeness (QED) is 0.0410. The number of allylic oxidation sites excluding steroid dienone is 2. The van der Waals surface area contributed by atoms with Gasteiger partial charge in [0.15, 0.2) is 0 Å². The van der Waals surface area contributed by atoms with Crippen molar-refractivity contribution in [2.24, 2.45) is 5.73 Å². The first-order valence-electron chi connectivity index (χ1n) is 21.0. The molecule has 0 aliphatic rings. The van der Waals surface area contributed by atoms with Gasteiger partial charge in [0, 0.05) is 24.9 Å². The lowest BCUT2D eigenvalue weighted by Crippen LogP contribution is -2.09. The number of hydrogen-bond acceptors (Lipinski definition) is 2. The average Bonchev–Trinajstić information content (AvgIpc) is 3.04. The van der Waals surface area contributed by atoms with Crippen molar-refractivity contribution in [3.05, 3.63) is 12.2 Å². The number of hydrogen-bond donors (Lipinski definition) is 1. The van der Waals surface area contributed by atoms with E-state index >= 15 is 0 Å². The fourth-order valence-corrected chi connectivity index (χ4v) is 9.32. The second kappa shape index (κ2) is 40.6. The van der Waals surface area contributed by atoms with Gasteiger partial charge in [-0.15, -0.1) is 0 Å². The molecule has 0 aromatic heterocycles. The minimum absolute atomic E-state index is 0.164. The van der Waals surface area contributed by atoms with Gasteiger partial charge < -0.3 is 10.3 Å². The van der Waals surface area contributed by atoms with Crippen LogP contribution in [0.25, 0.3) is 0 Å². The predicted octanol–water partition coefficient (Wildman–Crippen LogP) is 14.9. The van der Waals surface area contributed by atoms with Crippen LogP contribution in [-0.4, -0.2) is 24.4 Å². The van der Waals surface area contributed by atoms with E-state index in [1.165, 1.54) is 186 Å². The van der Waals surface area contributed by atoms with E-state index in [0.717, 1.165) is 31.3 Å². The van der Waals surface area contributed by atoms with Gasteiger partial charge in [-0.05, 0) is 51.4 Å². The molecule has 2 N–H and O–H groups in total. The fraction of sp³-hybridized carbons (Fsp3) is 0.929. The van der Waals surface area contributed by atoms with Gasteiger partial charge in [0.2, 0.25) is 5.91 Å². The number of primary amides is 1. The van der Waals surface area contributed by atoms with E-state index in [0.29, 0.717) is 6.42 Å². The zero-order valence-electron chi connectivity index (χ0n) is 32.2. The molecule has 0 aliphatic heterocycles. The lowest BCUT2D eigenvalue weighted by Gasteiger charge is -2.18. The molecule has 0 spiro atoms. The fourth-order valence-electron chi connectivity index (χ4n) is 6.25. The Bertz CT molecular complexity index is 614. The molecule has 1 amide bonds. The number of rotatable bonds is 36. The third-order valence-electron chi connectivity index (χ3n) is 9.44. The number of unbranched alkanes of at least 4 members (excludes halogenated alkanes) is 26. The van der Waals surface area contributed by atoms with Crippen LogP contribution in [0.2, 0.25) is 0 Å². The summed E-state index contributed by atoms with van der Waals surface area (Å²) in [5, 5.41) is 0. The maximum absolute atomic E-state index is 13.5. The smallest absolute Gasteiger partial charge is 0.217 e. The third-order valence-corrected chi connectivity index (χ3v) is 12.8.